The monoisotopic (exact) mass is 560 g/mol. The Bertz CT molecular complexity index is 1470. The minimum atomic E-state index is -3.84. The predicted molar refractivity (Wildman–Crippen MR) is 140 cm³/mol. The maximum atomic E-state index is 12.8. The number of hydrogen-bond acceptors (Lipinski definition) is 10. The summed E-state index contributed by atoms with van der Waals surface area (Å²) in [5, 5.41) is 3.84. The van der Waals surface area contributed by atoms with Gasteiger partial charge in [-0.05, 0) is 59.8 Å². The lowest BCUT2D eigenvalue weighted by molar-refractivity contribution is -0.127. The summed E-state index contributed by atoms with van der Waals surface area (Å²) in [6.07, 6.45) is 3.01. The number of methoxy groups -OCH3 is 2. The van der Waals surface area contributed by atoms with E-state index in [1.54, 1.807) is 23.6 Å². The van der Waals surface area contributed by atoms with Crippen molar-refractivity contribution in [2.75, 3.05) is 30.8 Å². The van der Waals surface area contributed by atoms with Gasteiger partial charge in [0.1, 0.15) is 6.54 Å². The molecule has 1 saturated heterocycles. The summed E-state index contributed by atoms with van der Waals surface area (Å²) in [4.78, 5) is 42.6. The van der Waals surface area contributed by atoms with Crippen molar-refractivity contribution >= 4 is 67.1 Å². The van der Waals surface area contributed by atoms with Gasteiger partial charge in [-0.1, -0.05) is 6.07 Å². The molecule has 1 aromatic heterocycles. The molecule has 0 radical (unpaired) electrons. The number of nitrogens with zero attached hydrogens (tertiary/aromatic N) is 2. The van der Waals surface area contributed by atoms with Gasteiger partial charge < -0.3 is 14.8 Å². The summed E-state index contributed by atoms with van der Waals surface area (Å²) in [7, 11) is -0.847. The Morgan fingerprint density at radius 2 is 1.81 bits per heavy atom. The van der Waals surface area contributed by atoms with Crippen molar-refractivity contribution < 1.29 is 32.3 Å². The lowest BCUT2D eigenvalue weighted by atomic mass is 10.2. The van der Waals surface area contributed by atoms with Crippen LogP contribution in [-0.2, 0) is 19.6 Å². The SMILES string of the molecule is COc1ccc(/C=C2\SC(=O)N(CC(=O)Nc3ccc(S(=O)(=O)Nc4nccs4)cc3)C2=O)cc1OC. The molecule has 1 aliphatic heterocycles. The molecule has 2 aromatic carbocycles. The smallest absolute Gasteiger partial charge is 0.294 e. The van der Waals surface area contributed by atoms with E-state index in [1.807, 2.05) is 0 Å². The number of thioether (sulfide) groups is 1. The van der Waals surface area contributed by atoms with Crippen molar-refractivity contribution in [1.29, 1.82) is 0 Å². The van der Waals surface area contributed by atoms with Crippen LogP contribution in [0.3, 0.4) is 0 Å². The molecule has 1 aliphatic rings. The number of nitrogens with one attached hydrogen (secondary N) is 2. The lowest BCUT2D eigenvalue weighted by Gasteiger charge is -2.13. The first kappa shape index (κ1) is 26.2. The normalized spacial score (nSPS) is 14.6. The van der Waals surface area contributed by atoms with E-state index in [1.165, 1.54) is 50.8 Å². The molecule has 0 aliphatic carbocycles. The number of carbonyl (C=O) groups excluding carboxylic acids is 3. The topological polar surface area (TPSA) is 144 Å². The van der Waals surface area contributed by atoms with Crippen molar-refractivity contribution in [3.63, 3.8) is 0 Å². The minimum Gasteiger partial charge on any atom is -0.493 e. The van der Waals surface area contributed by atoms with Gasteiger partial charge in [0.05, 0.1) is 24.0 Å². The second-order valence-electron chi connectivity index (χ2n) is 7.40. The molecule has 1 fully saturated rings. The standard InChI is InChI=1S/C23H20N4O7S3/c1-33-17-8-3-14(11-18(17)34-2)12-19-21(29)27(23(30)36-19)13-20(28)25-15-4-6-16(7-5-15)37(31,32)26-22-24-9-10-35-22/h3-12H,13H2,1-2H3,(H,24,26)(H,25,28)/b19-12-. The Kier molecular flexibility index (Phi) is 7.80. The van der Waals surface area contributed by atoms with Gasteiger partial charge in [-0.15, -0.1) is 11.3 Å². The van der Waals surface area contributed by atoms with Crippen molar-refractivity contribution in [3.05, 3.63) is 64.5 Å². The Balaban J connectivity index is 1.39. The fourth-order valence-electron chi connectivity index (χ4n) is 3.24. The van der Waals surface area contributed by atoms with E-state index in [0.717, 1.165) is 28.0 Å². The Morgan fingerprint density at radius 3 is 2.46 bits per heavy atom. The minimum absolute atomic E-state index is 0.0214. The largest absolute Gasteiger partial charge is 0.493 e. The zero-order chi connectivity index (χ0) is 26.6. The van der Waals surface area contributed by atoms with Crippen LogP contribution in [0.2, 0.25) is 0 Å². The summed E-state index contributed by atoms with van der Waals surface area (Å²) in [5.74, 6) is -0.237. The molecule has 4 rings (SSSR count). The average Bonchev–Trinajstić information content (AvgIpc) is 3.47. The molecular weight excluding hydrogens is 540 g/mol. The van der Waals surface area contributed by atoms with E-state index in [0.29, 0.717) is 22.7 Å². The zero-order valence-electron chi connectivity index (χ0n) is 19.5. The third-order valence-electron chi connectivity index (χ3n) is 4.98. The second-order valence-corrected chi connectivity index (χ2v) is 11.0. The molecule has 0 atom stereocenters. The molecule has 0 spiro atoms. The fraction of sp³-hybridized carbons (Fsp3) is 0.130. The van der Waals surface area contributed by atoms with Gasteiger partial charge in [0.25, 0.3) is 21.2 Å². The van der Waals surface area contributed by atoms with Crippen LogP contribution in [-0.4, -0.2) is 56.1 Å². The first-order chi connectivity index (χ1) is 17.7. The molecule has 2 N–H and O–H groups in total. The van der Waals surface area contributed by atoms with Gasteiger partial charge in [-0.25, -0.2) is 13.4 Å². The summed E-state index contributed by atoms with van der Waals surface area (Å²) < 4.78 is 37.7. The maximum absolute atomic E-state index is 12.8. The second kappa shape index (κ2) is 11.0. The van der Waals surface area contributed by atoms with Gasteiger partial charge >= 0.3 is 0 Å². The molecule has 3 aromatic rings. The van der Waals surface area contributed by atoms with E-state index >= 15 is 0 Å². The van der Waals surface area contributed by atoms with Crippen LogP contribution in [0.1, 0.15) is 5.56 Å². The number of hydrogen-bond donors (Lipinski definition) is 2. The molecule has 2 heterocycles. The number of rotatable bonds is 9. The zero-order valence-corrected chi connectivity index (χ0v) is 21.9. The van der Waals surface area contributed by atoms with Gasteiger partial charge in [0, 0.05) is 17.3 Å². The first-order valence-electron chi connectivity index (χ1n) is 10.5. The molecule has 11 nitrogen and oxygen atoms in total. The number of imide groups is 1. The number of amides is 3. The number of ether oxygens (including phenoxy) is 2. The van der Waals surface area contributed by atoms with E-state index < -0.39 is 33.6 Å². The summed E-state index contributed by atoms with van der Waals surface area (Å²) in [6.45, 7) is -0.500. The number of aromatic nitrogens is 1. The first-order valence-corrected chi connectivity index (χ1v) is 13.7. The Morgan fingerprint density at radius 1 is 1.08 bits per heavy atom. The molecule has 3 amide bonds. The number of benzene rings is 2. The van der Waals surface area contributed by atoms with Crippen molar-refractivity contribution in [1.82, 2.24) is 9.88 Å². The van der Waals surface area contributed by atoms with Crippen LogP contribution in [0.4, 0.5) is 15.6 Å². The van der Waals surface area contributed by atoms with Crippen LogP contribution < -0.4 is 19.5 Å². The number of thiazole rings is 1. The molecule has 0 bridgehead atoms. The van der Waals surface area contributed by atoms with E-state index in [-0.39, 0.29) is 14.9 Å². The highest BCUT2D eigenvalue weighted by molar-refractivity contribution is 8.18. The predicted octanol–water partition coefficient (Wildman–Crippen LogP) is 3.64. The summed E-state index contributed by atoms with van der Waals surface area (Å²) in [5.41, 5.74) is 0.915. The Labute approximate surface area is 220 Å². The molecule has 0 unspecified atom stereocenters. The quantitative estimate of drug-likeness (QED) is 0.375. The average molecular weight is 561 g/mol. The lowest BCUT2D eigenvalue weighted by Crippen LogP contribution is -2.36. The van der Waals surface area contributed by atoms with Crippen molar-refractivity contribution in [2.45, 2.75) is 4.90 Å². The van der Waals surface area contributed by atoms with Crippen LogP contribution in [0.25, 0.3) is 6.08 Å². The highest BCUT2D eigenvalue weighted by Gasteiger charge is 2.36. The summed E-state index contributed by atoms with van der Waals surface area (Å²) in [6, 6.07) is 10.5. The van der Waals surface area contributed by atoms with Gasteiger partial charge in [-0.2, -0.15) is 0 Å². The van der Waals surface area contributed by atoms with Crippen LogP contribution in [0.15, 0.2) is 63.8 Å². The molecule has 0 saturated carbocycles. The number of anilines is 2. The van der Waals surface area contributed by atoms with Crippen LogP contribution in [0.5, 0.6) is 11.5 Å². The number of sulfonamides is 1. The molecular formula is C23H20N4O7S3. The Hall–Kier alpha value is -3.88. The van der Waals surface area contributed by atoms with E-state index in [9.17, 15) is 22.8 Å². The van der Waals surface area contributed by atoms with E-state index in [4.69, 9.17) is 9.47 Å². The highest BCUT2D eigenvalue weighted by atomic mass is 32.2. The highest BCUT2D eigenvalue weighted by Crippen LogP contribution is 2.34. The third kappa shape index (κ3) is 6.10. The number of carbonyl (C=O) groups is 3. The summed E-state index contributed by atoms with van der Waals surface area (Å²) >= 11 is 1.86. The van der Waals surface area contributed by atoms with Crippen LogP contribution in [0, 0.1) is 0 Å². The van der Waals surface area contributed by atoms with Gasteiger partial charge in [0.15, 0.2) is 16.6 Å². The van der Waals surface area contributed by atoms with Crippen molar-refractivity contribution in [2.24, 2.45) is 0 Å². The molecule has 37 heavy (non-hydrogen) atoms. The molecule has 14 heteroatoms. The van der Waals surface area contributed by atoms with Gasteiger partial charge in [-0.3, -0.25) is 24.0 Å². The third-order valence-corrected chi connectivity index (χ3v) is 8.06. The fourth-order valence-corrected chi connectivity index (χ4v) is 5.87. The van der Waals surface area contributed by atoms with E-state index in [2.05, 4.69) is 15.0 Å². The van der Waals surface area contributed by atoms with Gasteiger partial charge in [0.2, 0.25) is 5.91 Å². The van der Waals surface area contributed by atoms with Crippen molar-refractivity contribution in [3.8, 4) is 11.5 Å². The van der Waals surface area contributed by atoms with Crippen LogP contribution >= 0.6 is 23.1 Å². The molecule has 192 valence electrons. The maximum Gasteiger partial charge on any atom is 0.294 e.